The van der Waals surface area contributed by atoms with E-state index >= 15 is 0 Å². The molecular weight excluding hydrogens is 266 g/mol. The highest BCUT2D eigenvalue weighted by Crippen LogP contribution is 2.44. The first-order valence-corrected chi connectivity index (χ1v) is 7.75. The number of hydrogen-bond donors (Lipinski definition) is 2. The van der Waals surface area contributed by atoms with Crippen molar-refractivity contribution in [1.29, 1.82) is 0 Å². The average Bonchev–Trinajstić information content (AvgIpc) is 2.34. The largest absolute Gasteiger partial charge is 0.394 e. The van der Waals surface area contributed by atoms with Crippen molar-refractivity contribution in [2.45, 2.75) is 25.8 Å². The van der Waals surface area contributed by atoms with E-state index in [9.17, 15) is 5.11 Å². The van der Waals surface area contributed by atoms with E-state index in [-0.39, 0.29) is 17.6 Å². The molecule has 18 heavy (non-hydrogen) atoms. The lowest BCUT2D eigenvalue weighted by molar-refractivity contribution is 0.110. The number of rotatable bonds is 3. The summed E-state index contributed by atoms with van der Waals surface area (Å²) in [7, 11) is 0. The van der Waals surface area contributed by atoms with E-state index in [1.54, 1.807) is 0 Å². The molecule has 1 atom stereocenters. The highest BCUT2D eigenvalue weighted by molar-refractivity contribution is 7.99. The van der Waals surface area contributed by atoms with Crippen molar-refractivity contribution >= 4 is 29.1 Å². The first-order chi connectivity index (χ1) is 8.49. The van der Waals surface area contributed by atoms with Gasteiger partial charge in [0.15, 0.2) is 0 Å². The molecule has 1 aromatic rings. The van der Waals surface area contributed by atoms with E-state index in [1.165, 1.54) is 0 Å². The van der Waals surface area contributed by atoms with Crippen molar-refractivity contribution in [3.8, 4) is 0 Å². The van der Waals surface area contributed by atoms with Gasteiger partial charge in [0.05, 0.1) is 12.1 Å². The number of anilines is 1. The fourth-order valence-corrected chi connectivity index (χ4v) is 4.15. The topological polar surface area (TPSA) is 32.3 Å². The lowest BCUT2D eigenvalue weighted by atomic mass is 9.71. The van der Waals surface area contributed by atoms with Gasteiger partial charge in [-0.2, -0.15) is 11.8 Å². The van der Waals surface area contributed by atoms with Crippen LogP contribution in [0.5, 0.6) is 0 Å². The maximum Gasteiger partial charge on any atom is 0.0744 e. The Kier molecular flexibility index (Phi) is 4.15. The van der Waals surface area contributed by atoms with E-state index in [0.717, 1.165) is 28.6 Å². The Morgan fingerprint density at radius 1 is 1.33 bits per heavy atom. The molecule has 1 unspecified atom stereocenters. The molecule has 1 fully saturated rings. The van der Waals surface area contributed by atoms with E-state index < -0.39 is 0 Å². The van der Waals surface area contributed by atoms with Gasteiger partial charge < -0.3 is 10.4 Å². The normalized spacial score (nSPS) is 26.9. The molecule has 4 heteroatoms. The summed E-state index contributed by atoms with van der Waals surface area (Å²) in [5.41, 5.74) is 0.833. The first-order valence-electron chi connectivity index (χ1n) is 6.21. The summed E-state index contributed by atoms with van der Waals surface area (Å²) in [5.74, 6) is 2.09. The number of benzene rings is 1. The predicted molar refractivity (Wildman–Crippen MR) is 80.6 cm³/mol. The monoisotopic (exact) mass is 285 g/mol. The van der Waals surface area contributed by atoms with Crippen LogP contribution in [0.25, 0.3) is 0 Å². The van der Waals surface area contributed by atoms with Crippen LogP contribution in [-0.4, -0.2) is 28.8 Å². The van der Waals surface area contributed by atoms with Gasteiger partial charge in [-0.3, -0.25) is 0 Å². The molecule has 2 N–H and O–H groups in total. The Morgan fingerprint density at radius 2 is 2.00 bits per heavy atom. The van der Waals surface area contributed by atoms with Crippen molar-refractivity contribution in [2.24, 2.45) is 5.41 Å². The predicted octanol–water partition coefficient (Wildman–Crippen LogP) is 3.65. The minimum absolute atomic E-state index is 0.0760. The van der Waals surface area contributed by atoms with Crippen LogP contribution in [0, 0.1) is 5.41 Å². The Morgan fingerprint density at radius 3 is 2.56 bits per heavy atom. The van der Waals surface area contributed by atoms with Gasteiger partial charge in [0.2, 0.25) is 0 Å². The third-order valence-electron chi connectivity index (χ3n) is 4.01. The van der Waals surface area contributed by atoms with E-state index in [4.69, 9.17) is 11.6 Å². The Hall–Kier alpha value is -0.380. The SMILES string of the molecule is CC1(C)CCSCC1(CO)Nc1ccc(Cl)cc1. The fraction of sp³-hybridized carbons (Fsp3) is 0.571. The summed E-state index contributed by atoms with van der Waals surface area (Å²) in [6, 6.07) is 7.68. The number of hydrogen-bond acceptors (Lipinski definition) is 3. The van der Waals surface area contributed by atoms with Crippen LogP contribution in [0.15, 0.2) is 24.3 Å². The fourth-order valence-electron chi connectivity index (χ4n) is 2.32. The summed E-state index contributed by atoms with van der Waals surface area (Å²) in [4.78, 5) is 0. The van der Waals surface area contributed by atoms with Gasteiger partial charge in [-0.1, -0.05) is 25.4 Å². The smallest absolute Gasteiger partial charge is 0.0744 e. The van der Waals surface area contributed by atoms with Gasteiger partial charge >= 0.3 is 0 Å². The van der Waals surface area contributed by atoms with Crippen molar-refractivity contribution in [3.05, 3.63) is 29.3 Å². The van der Waals surface area contributed by atoms with E-state index in [0.29, 0.717) is 0 Å². The van der Waals surface area contributed by atoms with Gasteiger partial charge in [0.1, 0.15) is 0 Å². The number of nitrogens with one attached hydrogen (secondary N) is 1. The highest BCUT2D eigenvalue weighted by atomic mass is 35.5. The van der Waals surface area contributed by atoms with Crippen molar-refractivity contribution < 1.29 is 5.11 Å². The highest BCUT2D eigenvalue weighted by Gasteiger charge is 2.46. The van der Waals surface area contributed by atoms with Crippen LogP contribution in [0.4, 0.5) is 5.69 Å². The van der Waals surface area contributed by atoms with Crippen molar-refractivity contribution in [2.75, 3.05) is 23.4 Å². The molecule has 1 saturated heterocycles. The molecule has 0 bridgehead atoms. The van der Waals surface area contributed by atoms with Crippen LogP contribution < -0.4 is 5.32 Å². The third kappa shape index (κ3) is 2.63. The zero-order valence-electron chi connectivity index (χ0n) is 10.9. The second-order valence-electron chi connectivity index (χ2n) is 5.56. The number of halogens is 1. The summed E-state index contributed by atoms with van der Waals surface area (Å²) in [6.07, 6.45) is 1.11. The van der Waals surface area contributed by atoms with Crippen molar-refractivity contribution in [1.82, 2.24) is 0 Å². The minimum atomic E-state index is -0.260. The molecule has 2 nitrogen and oxygen atoms in total. The third-order valence-corrected chi connectivity index (χ3v) is 5.45. The minimum Gasteiger partial charge on any atom is -0.394 e. The van der Waals surface area contributed by atoms with Crippen molar-refractivity contribution in [3.63, 3.8) is 0 Å². The Bertz CT molecular complexity index is 407. The summed E-state index contributed by atoms with van der Waals surface area (Å²) >= 11 is 7.80. The van der Waals surface area contributed by atoms with Crippen LogP contribution in [0.3, 0.4) is 0 Å². The molecule has 2 rings (SSSR count). The number of aliphatic hydroxyl groups excluding tert-OH is 1. The number of aliphatic hydroxyl groups is 1. The molecule has 0 saturated carbocycles. The summed E-state index contributed by atoms with van der Waals surface area (Å²) in [5, 5.41) is 14.2. The zero-order valence-corrected chi connectivity index (χ0v) is 12.4. The average molecular weight is 286 g/mol. The second kappa shape index (κ2) is 5.32. The molecule has 1 aliphatic rings. The summed E-state index contributed by atoms with van der Waals surface area (Å²) in [6.45, 7) is 4.60. The number of thioether (sulfide) groups is 1. The second-order valence-corrected chi connectivity index (χ2v) is 7.10. The van der Waals surface area contributed by atoms with Gasteiger partial charge in [-0.05, 0) is 41.9 Å². The van der Waals surface area contributed by atoms with E-state index in [1.807, 2.05) is 36.0 Å². The summed E-state index contributed by atoms with van der Waals surface area (Å²) < 4.78 is 0. The molecule has 0 aliphatic carbocycles. The molecular formula is C14H20ClNOS. The Balaban J connectivity index is 2.24. The molecule has 0 amide bonds. The molecule has 0 spiro atoms. The Labute approximate surface area is 118 Å². The maximum absolute atomic E-state index is 9.89. The van der Waals surface area contributed by atoms with Gasteiger partial charge in [-0.15, -0.1) is 0 Å². The molecule has 100 valence electrons. The van der Waals surface area contributed by atoms with Gasteiger partial charge in [0, 0.05) is 16.5 Å². The van der Waals surface area contributed by atoms with Gasteiger partial charge in [-0.25, -0.2) is 0 Å². The van der Waals surface area contributed by atoms with Crippen LogP contribution in [-0.2, 0) is 0 Å². The quantitative estimate of drug-likeness (QED) is 0.889. The molecule has 1 aromatic carbocycles. The van der Waals surface area contributed by atoms with E-state index in [2.05, 4.69) is 19.2 Å². The van der Waals surface area contributed by atoms with Crippen LogP contribution >= 0.6 is 23.4 Å². The van der Waals surface area contributed by atoms with Crippen LogP contribution in [0.2, 0.25) is 5.02 Å². The lowest BCUT2D eigenvalue weighted by Gasteiger charge is -2.50. The zero-order chi connectivity index (χ0) is 13.2. The molecule has 1 heterocycles. The molecule has 0 aromatic heterocycles. The molecule has 0 radical (unpaired) electrons. The maximum atomic E-state index is 9.89. The lowest BCUT2D eigenvalue weighted by Crippen LogP contribution is -2.58. The first kappa shape index (κ1) is 14.0. The van der Waals surface area contributed by atoms with Gasteiger partial charge in [0.25, 0.3) is 0 Å². The standard InChI is InChI=1S/C14H20ClNOS/c1-13(2)7-8-18-10-14(13,9-17)16-12-5-3-11(15)4-6-12/h3-6,16-17H,7-10H2,1-2H3. The molecule has 1 aliphatic heterocycles. The van der Waals surface area contributed by atoms with Crippen LogP contribution in [0.1, 0.15) is 20.3 Å².